The fraction of sp³-hybridized carbons (Fsp3) is 0.208. The smallest absolute Gasteiger partial charge is 0.354 e. The maximum Gasteiger partial charge on any atom is 0.354 e. The molecule has 4 rings (SSSR count). The average Bonchev–Trinajstić information content (AvgIpc) is 2.90. The van der Waals surface area contributed by atoms with Crippen LogP contribution in [0.5, 0.6) is 5.88 Å². The van der Waals surface area contributed by atoms with E-state index in [1.54, 1.807) is 54.6 Å². The van der Waals surface area contributed by atoms with E-state index in [0.29, 0.717) is 27.7 Å². The zero-order chi connectivity index (χ0) is 26.7. The molecule has 0 fully saturated rings. The molecule has 0 saturated carbocycles. The molecule has 4 aromatic rings. The number of nitroso groups, excluding NO2 is 1. The number of rotatable bonds is 7. The van der Waals surface area contributed by atoms with Gasteiger partial charge in [-0.1, -0.05) is 23.7 Å². The molecule has 0 bridgehead atoms. The van der Waals surface area contributed by atoms with Gasteiger partial charge < -0.3 is 10.6 Å². The summed E-state index contributed by atoms with van der Waals surface area (Å²) in [5.41, 5.74) is -0.0489. The first-order chi connectivity index (χ1) is 17.7. The van der Waals surface area contributed by atoms with Crippen molar-refractivity contribution in [3.8, 4) is 5.88 Å². The Labute approximate surface area is 214 Å². The van der Waals surface area contributed by atoms with Gasteiger partial charge in [0.25, 0.3) is 5.91 Å². The maximum atomic E-state index is 13.5. The van der Waals surface area contributed by atoms with E-state index in [0.717, 1.165) is 14.6 Å². The third-order valence-electron chi connectivity index (χ3n) is 5.66. The van der Waals surface area contributed by atoms with E-state index in [-0.39, 0.29) is 12.2 Å². The van der Waals surface area contributed by atoms with Gasteiger partial charge in [0.2, 0.25) is 11.5 Å². The molecular weight excluding hydrogens is 502 g/mol. The summed E-state index contributed by atoms with van der Waals surface area (Å²) in [7, 11) is 1.52. The number of nitrogen functional groups attached to an aromatic ring is 1. The zero-order valence-electron chi connectivity index (χ0n) is 19.9. The molecule has 2 heterocycles. The fourth-order valence-electron chi connectivity index (χ4n) is 3.81. The Kier molecular flexibility index (Phi) is 7.30. The van der Waals surface area contributed by atoms with Gasteiger partial charge in [-0.25, -0.2) is 24.1 Å². The zero-order valence-corrected chi connectivity index (χ0v) is 20.6. The molecule has 37 heavy (non-hydrogen) atoms. The van der Waals surface area contributed by atoms with Crippen molar-refractivity contribution in [2.24, 2.45) is 10.2 Å². The van der Waals surface area contributed by atoms with Crippen LogP contribution in [-0.2, 0) is 11.3 Å². The normalized spacial score (nSPS) is 12.5. The summed E-state index contributed by atoms with van der Waals surface area (Å²) in [5.74, 6) is 5.60. The highest BCUT2D eigenvalue weighted by Gasteiger charge is 2.20. The lowest BCUT2D eigenvalue weighted by atomic mass is 10.2. The van der Waals surface area contributed by atoms with Gasteiger partial charge >= 0.3 is 11.4 Å². The molecule has 0 radical (unpaired) electrons. The molecule has 13 heteroatoms. The number of hydrogen-bond acceptors (Lipinski definition) is 8. The average molecular weight is 524 g/mol. The Bertz CT molecular complexity index is 1690. The molecule has 1 amide bonds. The molecule has 2 N–H and O–H groups in total. The standard InChI is InChI=1S/C24H22ClN7O5/c1-14(11-20(33)29-36)31-23(34)30(13-15-3-6-17(25)7-4-15)22(32(26)24(31)35)27-18-8-9-19-16(12-18)5-10-21(28-19)37-2/h3-10,12,14H,11,13,26H2,1-2H3/t14-/m0/s1. The van der Waals surface area contributed by atoms with Crippen molar-refractivity contribution >= 4 is 34.1 Å². The predicted octanol–water partition coefficient (Wildman–Crippen LogP) is 2.26. The van der Waals surface area contributed by atoms with E-state index in [4.69, 9.17) is 22.2 Å². The van der Waals surface area contributed by atoms with Crippen molar-refractivity contribution in [3.05, 3.63) is 96.7 Å². The van der Waals surface area contributed by atoms with Crippen LogP contribution in [0.15, 0.2) is 74.4 Å². The van der Waals surface area contributed by atoms with Crippen LogP contribution in [0.3, 0.4) is 0 Å². The predicted molar refractivity (Wildman–Crippen MR) is 137 cm³/mol. The van der Waals surface area contributed by atoms with Gasteiger partial charge in [-0.05, 0) is 48.9 Å². The third kappa shape index (κ3) is 5.33. The second-order valence-corrected chi connectivity index (χ2v) is 8.63. The summed E-state index contributed by atoms with van der Waals surface area (Å²) in [6.07, 6.45) is -0.447. The van der Waals surface area contributed by atoms with E-state index in [2.05, 4.69) is 15.2 Å². The molecule has 12 nitrogen and oxygen atoms in total. The number of carbonyl (C=O) groups excluding carboxylic acids is 1. The van der Waals surface area contributed by atoms with Gasteiger partial charge in [-0.2, -0.15) is 4.68 Å². The van der Waals surface area contributed by atoms with E-state index < -0.39 is 29.7 Å². The Morgan fingerprint density at radius 1 is 1.11 bits per heavy atom. The quantitative estimate of drug-likeness (QED) is 0.287. The van der Waals surface area contributed by atoms with Crippen molar-refractivity contribution in [1.82, 2.24) is 18.8 Å². The first kappa shape index (κ1) is 25.5. The van der Waals surface area contributed by atoms with Gasteiger partial charge in [0.05, 0.1) is 31.3 Å². The number of benzene rings is 2. The Hall–Kier alpha value is -4.58. The molecule has 0 saturated heterocycles. The largest absolute Gasteiger partial charge is 0.481 e. The number of halogens is 1. The molecule has 0 aliphatic heterocycles. The minimum absolute atomic E-state index is 0.00868. The lowest BCUT2D eigenvalue weighted by Crippen LogP contribution is -2.58. The summed E-state index contributed by atoms with van der Waals surface area (Å²) in [5, 5.41) is 3.61. The summed E-state index contributed by atoms with van der Waals surface area (Å²) < 4.78 is 7.88. The van der Waals surface area contributed by atoms with Crippen molar-refractivity contribution in [2.45, 2.75) is 25.9 Å². The van der Waals surface area contributed by atoms with E-state index >= 15 is 0 Å². The van der Waals surface area contributed by atoms with Gasteiger partial charge in [-0.3, -0.25) is 9.36 Å². The second kappa shape index (κ2) is 10.6. The maximum absolute atomic E-state index is 13.5. The van der Waals surface area contributed by atoms with Gasteiger partial charge in [0.1, 0.15) is 0 Å². The highest BCUT2D eigenvalue weighted by molar-refractivity contribution is 6.30. The summed E-state index contributed by atoms with van der Waals surface area (Å²) in [6.45, 7) is 1.44. The number of methoxy groups -OCH3 is 1. The van der Waals surface area contributed by atoms with Gasteiger partial charge in [0.15, 0.2) is 0 Å². The number of fused-ring (bicyclic) bond motifs is 1. The first-order valence-corrected chi connectivity index (χ1v) is 11.4. The van der Waals surface area contributed by atoms with E-state index in [1.807, 2.05) is 0 Å². The summed E-state index contributed by atoms with van der Waals surface area (Å²) >= 11 is 5.99. The number of nitrogens with zero attached hydrogens (tertiary/aromatic N) is 6. The van der Waals surface area contributed by atoms with Crippen LogP contribution in [-0.4, -0.2) is 31.8 Å². The number of pyridine rings is 1. The lowest BCUT2D eigenvalue weighted by Gasteiger charge is -2.17. The number of hydrogen-bond donors (Lipinski definition) is 1. The number of aromatic nitrogens is 4. The van der Waals surface area contributed by atoms with Crippen LogP contribution in [0.4, 0.5) is 5.69 Å². The SMILES string of the molecule is COc1ccc2cc(N=c3n(N)c(=O)n([C@@H](C)CC(=O)N=O)c(=O)n3Cc3ccc(Cl)cc3)ccc2n1. The minimum Gasteiger partial charge on any atom is -0.481 e. The highest BCUT2D eigenvalue weighted by atomic mass is 35.5. The van der Waals surface area contributed by atoms with Crippen molar-refractivity contribution in [2.75, 3.05) is 13.0 Å². The van der Waals surface area contributed by atoms with E-state index in [9.17, 15) is 19.3 Å². The number of carbonyl (C=O) groups is 1. The molecule has 0 unspecified atom stereocenters. The molecular formula is C24H22ClN7O5. The topological polar surface area (TPSA) is 156 Å². The van der Waals surface area contributed by atoms with E-state index in [1.165, 1.54) is 18.6 Å². The number of ether oxygens (including phenoxy) is 1. The minimum atomic E-state index is -0.998. The Morgan fingerprint density at radius 2 is 1.84 bits per heavy atom. The van der Waals surface area contributed by atoms with Crippen molar-refractivity contribution in [3.63, 3.8) is 0 Å². The third-order valence-corrected chi connectivity index (χ3v) is 5.91. The second-order valence-electron chi connectivity index (χ2n) is 8.20. The van der Waals surface area contributed by atoms with Crippen LogP contribution in [0, 0.1) is 4.91 Å². The highest BCUT2D eigenvalue weighted by Crippen LogP contribution is 2.22. The Morgan fingerprint density at radius 3 is 2.51 bits per heavy atom. The Balaban J connectivity index is 1.94. The molecule has 0 aliphatic rings. The fourth-order valence-corrected chi connectivity index (χ4v) is 3.93. The molecule has 0 spiro atoms. The lowest BCUT2D eigenvalue weighted by molar-refractivity contribution is -0.118. The van der Waals surface area contributed by atoms with Crippen LogP contribution in [0.25, 0.3) is 10.9 Å². The van der Waals surface area contributed by atoms with Crippen LogP contribution in [0.2, 0.25) is 5.02 Å². The van der Waals surface area contributed by atoms with Gasteiger partial charge in [-0.15, -0.1) is 4.91 Å². The van der Waals surface area contributed by atoms with Gasteiger partial charge in [0, 0.05) is 27.7 Å². The molecule has 190 valence electrons. The van der Waals surface area contributed by atoms with Crippen molar-refractivity contribution < 1.29 is 9.53 Å². The molecule has 2 aromatic heterocycles. The van der Waals surface area contributed by atoms with Crippen LogP contribution >= 0.6 is 11.6 Å². The van der Waals surface area contributed by atoms with Crippen molar-refractivity contribution in [1.29, 1.82) is 0 Å². The molecule has 0 aliphatic carbocycles. The molecule has 1 atom stereocenters. The monoisotopic (exact) mass is 523 g/mol. The van der Waals surface area contributed by atoms with Crippen LogP contribution < -0.4 is 27.6 Å². The van der Waals surface area contributed by atoms with Crippen LogP contribution in [0.1, 0.15) is 24.9 Å². The first-order valence-electron chi connectivity index (χ1n) is 11.1. The summed E-state index contributed by atoms with van der Waals surface area (Å²) in [4.78, 5) is 57.7. The number of amides is 1. The summed E-state index contributed by atoms with van der Waals surface area (Å²) in [6, 6.07) is 14.4. The number of nitrogens with two attached hydrogens (primary N) is 1. The molecule has 2 aromatic carbocycles.